The third kappa shape index (κ3) is 4.41. The lowest BCUT2D eigenvalue weighted by Crippen LogP contribution is -2.29. The van der Waals surface area contributed by atoms with Crippen LogP contribution in [0.5, 0.6) is 0 Å². The average molecular weight is 505 g/mol. The highest BCUT2D eigenvalue weighted by atomic mass is 35.5. The summed E-state index contributed by atoms with van der Waals surface area (Å²) in [5.41, 5.74) is 0.268. The van der Waals surface area contributed by atoms with E-state index in [4.69, 9.17) is 16.3 Å². The van der Waals surface area contributed by atoms with Crippen LogP contribution in [-0.4, -0.2) is 35.9 Å². The normalized spacial score (nSPS) is 18.8. The molecule has 0 aliphatic carbocycles. The molecule has 1 aliphatic heterocycles. The Bertz CT molecular complexity index is 1470. The van der Waals surface area contributed by atoms with Crippen LogP contribution in [0.4, 0.5) is 13.2 Å². The molecule has 0 saturated carbocycles. The van der Waals surface area contributed by atoms with Gasteiger partial charge in [0.15, 0.2) is 5.52 Å². The lowest BCUT2D eigenvalue weighted by Gasteiger charge is -2.28. The van der Waals surface area contributed by atoms with Crippen molar-refractivity contribution in [1.82, 2.24) is 29.3 Å². The Labute approximate surface area is 202 Å². The first kappa shape index (κ1) is 23.4. The van der Waals surface area contributed by atoms with Crippen LogP contribution in [0.1, 0.15) is 42.1 Å². The molecule has 0 amide bonds. The van der Waals surface area contributed by atoms with E-state index >= 15 is 0 Å². The Hall–Kier alpha value is -3.31. The maximum absolute atomic E-state index is 13.6. The van der Waals surface area contributed by atoms with E-state index in [2.05, 4.69) is 20.1 Å². The van der Waals surface area contributed by atoms with Gasteiger partial charge in [0.1, 0.15) is 17.0 Å². The number of hydrogen-bond acceptors (Lipinski definition) is 6. The maximum Gasteiger partial charge on any atom is 0.449 e. The van der Waals surface area contributed by atoms with Crippen LogP contribution in [0, 0.1) is 0 Å². The predicted molar refractivity (Wildman–Crippen MR) is 122 cm³/mol. The summed E-state index contributed by atoms with van der Waals surface area (Å²) >= 11 is 6.01. The van der Waals surface area contributed by atoms with Crippen LogP contribution in [0.15, 0.2) is 41.5 Å². The average Bonchev–Trinajstić information content (AvgIpc) is 3.27. The Morgan fingerprint density at radius 2 is 1.83 bits per heavy atom. The van der Waals surface area contributed by atoms with E-state index in [1.807, 2.05) is 13.2 Å². The van der Waals surface area contributed by atoms with Gasteiger partial charge < -0.3 is 4.74 Å². The lowest BCUT2D eigenvalue weighted by atomic mass is 9.92. The van der Waals surface area contributed by atoms with Crippen molar-refractivity contribution in [3.8, 4) is 11.3 Å². The Morgan fingerprint density at radius 3 is 2.49 bits per heavy atom. The van der Waals surface area contributed by atoms with Crippen LogP contribution in [0.3, 0.4) is 0 Å². The van der Waals surface area contributed by atoms with Crippen LogP contribution in [0.25, 0.3) is 22.3 Å². The van der Waals surface area contributed by atoms with E-state index in [1.54, 1.807) is 35.1 Å². The molecule has 8 nitrogen and oxygen atoms in total. The molecule has 4 heterocycles. The third-order valence-electron chi connectivity index (χ3n) is 6.06. The fraction of sp³-hybridized carbons (Fsp3) is 0.348. The van der Waals surface area contributed by atoms with Gasteiger partial charge in [0, 0.05) is 49.0 Å². The molecule has 1 aromatic carbocycles. The molecule has 4 aromatic rings. The highest BCUT2D eigenvalue weighted by Gasteiger charge is 2.37. The van der Waals surface area contributed by atoms with E-state index in [1.165, 1.54) is 0 Å². The molecule has 0 N–H and O–H groups in total. The number of fused-ring (bicyclic) bond motifs is 1. The van der Waals surface area contributed by atoms with E-state index < -0.39 is 17.6 Å². The second-order valence-corrected chi connectivity index (χ2v) is 8.90. The standard InChI is InChI=1S/C23H20ClF3N6O2/c1-32-11-14(10-28-32)16-9-13(7-8-35-16)20-29-17(12-3-5-15(24)6-4-12)18-19(30-20)21(34)33(2)22(31-18)23(25,26)27/h3-6,10-11,13,16H,7-9H2,1-2H3/t13-,16+/m1/s1. The fourth-order valence-electron chi connectivity index (χ4n) is 4.28. The summed E-state index contributed by atoms with van der Waals surface area (Å²) in [5.74, 6) is -1.14. The van der Waals surface area contributed by atoms with Gasteiger partial charge in [-0.1, -0.05) is 23.7 Å². The molecule has 3 aromatic heterocycles. The first-order chi connectivity index (χ1) is 16.6. The number of benzene rings is 1. The lowest BCUT2D eigenvalue weighted by molar-refractivity contribution is -0.147. The molecule has 1 aliphatic rings. The van der Waals surface area contributed by atoms with Crippen molar-refractivity contribution in [2.24, 2.45) is 14.1 Å². The molecule has 0 radical (unpaired) electrons. The zero-order valence-electron chi connectivity index (χ0n) is 18.8. The number of halogens is 4. The zero-order valence-corrected chi connectivity index (χ0v) is 19.5. The summed E-state index contributed by atoms with van der Waals surface area (Å²) in [4.78, 5) is 25.9. The molecule has 0 bridgehead atoms. The van der Waals surface area contributed by atoms with Gasteiger partial charge in [0.2, 0.25) is 5.82 Å². The van der Waals surface area contributed by atoms with Crippen molar-refractivity contribution in [2.75, 3.05) is 6.61 Å². The molecular formula is C23H20ClF3N6O2. The second kappa shape index (κ2) is 8.72. The Balaban J connectivity index is 1.68. The van der Waals surface area contributed by atoms with Crippen LogP contribution >= 0.6 is 11.6 Å². The zero-order chi connectivity index (χ0) is 24.9. The minimum atomic E-state index is -4.82. The fourth-order valence-corrected chi connectivity index (χ4v) is 4.40. The molecule has 1 saturated heterocycles. The second-order valence-electron chi connectivity index (χ2n) is 8.46. The van der Waals surface area contributed by atoms with Gasteiger partial charge in [0.05, 0.1) is 12.3 Å². The van der Waals surface area contributed by atoms with Crippen LogP contribution < -0.4 is 5.56 Å². The summed E-state index contributed by atoms with van der Waals surface area (Å²) in [5, 5.41) is 4.65. The number of aromatic nitrogens is 6. The SMILES string of the molecule is Cn1cc([C@@H]2C[C@H](c3nc(-c4ccc(Cl)cc4)c4nc(C(F)(F)F)n(C)c(=O)c4n3)CCO2)cn1. The van der Waals surface area contributed by atoms with Gasteiger partial charge in [0.25, 0.3) is 5.56 Å². The highest BCUT2D eigenvalue weighted by Crippen LogP contribution is 2.38. The molecule has 5 rings (SSSR count). The van der Waals surface area contributed by atoms with Crippen molar-refractivity contribution < 1.29 is 17.9 Å². The highest BCUT2D eigenvalue weighted by molar-refractivity contribution is 6.30. The third-order valence-corrected chi connectivity index (χ3v) is 6.31. The van der Waals surface area contributed by atoms with Crippen molar-refractivity contribution in [1.29, 1.82) is 0 Å². The van der Waals surface area contributed by atoms with Gasteiger partial charge in [-0.05, 0) is 25.0 Å². The predicted octanol–water partition coefficient (Wildman–Crippen LogP) is 4.43. The molecule has 0 spiro atoms. The minimum absolute atomic E-state index is 0.147. The number of nitrogens with zero attached hydrogens (tertiary/aromatic N) is 6. The van der Waals surface area contributed by atoms with Gasteiger partial charge in [-0.25, -0.2) is 15.0 Å². The largest absolute Gasteiger partial charge is 0.449 e. The summed E-state index contributed by atoms with van der Waals surface area (Å²) in [7, 11) is 2.85. The van der Waals surface area contributed by atoms with Gasteiger partial charge in [-0.15, -0.1) is 0 Å². The maximum atomic E-state index is 13.6. The smallest absolute Gasteiger partial charge is 0.373 e. The Kier molecular flexibility index (Phi) is 5.84. The molecule has 182 valence electrons. The summed E-state index contributed by atoms with van der Waals surface area (Å²) in [6.07, 6.45) is -0.343. The van der Waals surface area contributed by atoms with Crippen molar-refractivity contribution in [2.45, 2.75) is 31.0 Å². The van der Waals surface area contributed by atoms with Gasteiger partial charge in [-0.3, -0.25) is 14.0 Å². The van der Waals surface area contributed by atoms with Crippen LogP contribution in [-0.2, 0) is 25.0 Å². The number of ether oxygens (including phenoxy) is 1. The number of alkyl halides is 3. The van der Waals surface area contributed by atoms with Crippen molar-refractivity contribution in [3.63, 3.8) is 0 Å². The molecule has 2 atom stereocenters. The molecule has 0 unspecified atom stereocenters. The van der Waals surface area contributed by atoms with E-state index in [9.17, 15) is 18.0 Å². The van der Waals surface area contributed by atoms with E-state index in [-0.39, 0.29) is 28.7 Å². The molecular weight excluding hydrogens is 485 g/mol. The van der Waals surface area contributed by atoms with Gasteiger partial charge >= 0.3 is 6.18 Å². The van der Waals surface area contributed by atoms with Gasteiger partial charge in [-0.2, -0.15) is 18.3 Å². The number of hydrogen-bond donors (Lipinski definition) is 0. The first-order valence-electron chi connectivity index (χ1n) is 10.8. The van der Waals surface area contributed by atoms with E-state index in [0.29, 0.717) is 40.4 Å². The summed E-state index contributed by atoms with van der Waals surface area (Å²) < 4.78 is 48.9. The minimum Gasteiger partial charge on any atom is -0.373 e. The quantitative estimate of drug-likeness (QED) is 0.410. The van der Waals surface area contributed by atoms with Crippen LogP contribution in [0.2, 0.25) is 5.02 Å². The first-order valence-corrected chi connectivity index (χ1v) is 11.2. The van der Waals surface area contributed by atoms with Crippen molar-refractivity contribution >= 4 is 22.6 Å². The van der Waals surface area contributed by atoms with Crippen molar-refractivity contribution in [3.05, 3.63) is 69.2 Å². The Morgan fingerprint density at radius 1 is 1.09 bits per heavy atom. The monoisotopic (exact) mass is 504 g/mol. The molecule has 12 heteroatoms. The van der Waals surface area contributed by atoms with E-state index in [0.717, 1.165) is 12.6 Å². The number of aryl methyl sites for hydroxylation is 1. The summed E-state index contributed by atoms with van der Waals surface area (Å²) in [6, 6.07) is 6.46. The molecule has 1 fully saturated rings. The molecule has 35 heavy (non-hydrogen) atoms. The topological polar surface area (TPSA) is 87.7 Å². The number of rotatable bonds is 3. The summed E-state index contributed by atoms with van der Waals surface area (Å²) in [6.45, 7) is 0.436.